The zero-order valence-corrected chi connectivity index (χ0v) is 9.11. The molecule has 0 N–H and O–H groups in total. The molecule has 1 aliphatic rings. The smallest absolute Gasteiger partial charge is 0.123 e. The molecule has 0 spiro atoms. The Morgan fingerprint density at radius 3 is 2.57 bits per heavy atom. The number of hydrogen-bond donors (Lipinski definition) is 0. The molecule has 1 saturated heterocycles. The number of likely N-dealkylation sites (tertiary alicyclic amines) is 1. The first kappa shape index (κ1) is 11.4. The first-order chi connectivity index (χ1) is 6.86. The Bertz CT molecular complexity index is 181. The van der Waals surface area contributed by atoms with E-state index in [2.05, 4.69) is 17.9 Å². The van der Waals surface area contributed by atoms with Gasteiger partial charge in [-0.2, -0.15) is 0 Å². The third-order valence-electron chi connectivity index (χ3n) is 3.02. The molecule has 80 valence electrons. The Labute approximate surface area is 87.0 Å². The van der Waals surface area contributed by atoms with Crippen molar-refractivity contribution >= 4 is 6.29 Å². The highest BCUT2D eigenvalue weighted by molar-refractivity contribution is 5.51. The number of rotatable bonds is 5. The van der Waals surface area contributed by atoms with E-state index in [1.165, 1.54) is 32.5 Å². The van der Waals surface area contributed by atoms with Crippen molar-refractivity contribution in [2.24, 2.45) is 5.92 Å². The molecule has 2 heteroatoms. The number of aldehydes is 1. The largest absolute Gasteiger partial charge is 0.304 e. The van der Waals surface area contributed by atoms with Gasteiger partial charge in [0.05, 0.1) is 0 Å². The second-order valence-electron chi connectivity index (χ2n) is 3.99. The molecule has 0 aliphatic carbocycles. The molecule has 1 rings (SSSR count). The molecule has 0 aromatic carbocycles. The molecule has 0 unspecified atom stereocenters. The number of carbonyl (C=O) groups is 1. The molecule has 0 atom stereocenters. The summed E-state index contributed by atoms with van der Waals surface area (Å²) in [6.07, 6.45) is 9.48. The highest BCUT2D eigenvalue weighted by Gasteiger charge is 2.16. The minimum atomic E-state index is 0.577. The van der Waals surface area contributed by atoms with E-state index in [1.807, 2.05) is 6.08 Å². The van der Waals surface area contributed by atoms with E-state index in [4.69, 9.17) is 0 Å². The summed E-state index contributed by atoms with van der Waals surface area (Å²) in [6, 6.07) is 0. The summed E-state index contributed by atoms with van der Waals surface area (Å²) in [7, 11) is 0. The fourth-order valence-electron chi connectivity index (χ4n) is 1.98. The normalized spacial score (nSPS) is 20.4. The van der Waals surface area contributed by atoms with Gasteiger partial charge in [0.1, 0.15) is 6.29 Å². The maximum Gasteiger partial charge on any atom is 0.123 e. The topological polar surface area (TPSA) is 20.3 Å². The van der Waals surface area contributed by atoms with Crippen LogP contribution in [0.5, 0.6) is 0 Å². The summed E-state index contributed by atoms with van der Waals surface area (Å²) in [5.41, 5.74) is 0. The highest BCUT2D eigenvalue weighted by atomic mass is 16.1. The highest BCUT2D eigenvalue weighted by Crippen LogP contribution is 2.20. The van der Waals surface area contributed by atoms with Gasteiger partial charge in [-0.3, -0.25) is 0 Å². The van der Waals surface area contributed by atoms with Crippen LogP contribution in [0.3, 0.4) is 0 Å². The summed E-state index contributed by atoms with van der Waals surface area (Å²) in [6.45, 7) is 5.92. The molecule has 0 radical (unpaired) electrons. The molecular formula is C12H21NO. The number of allylic oxidation sites excluding steroid dienone is 2. The number of carbonyl (C=O) groups excluding carboxylic acids is 1. The quantitative estimate of drug-likeness (QED) is 0.495. The molecule has 0 amide bonds. The molecule has 0 aromatic heterocycles. The van der Waals surface area contributed by atoms with Gasteiger partial charge in [-0.25, -0.2) is 0 Å². The molecule has 0 aromatic rings. The van der Waals surface area contributed by atoms with E-state index >= 15 is 0 Å². The van der Waals surface area contributed by atoms with Crippen LogP contribution in [0.2, 0.25) is 0 Å². The minimum absolute atomic E-state index is 0.577. The fraction of sp³-hybridized carbons (Fsp3) is 0.750. The van der Waals surface area contributed by atoms with Gasteiger partial charge >= 0.3 is 0 Å². The van der Waals surface area contributed by atoms with Crippen molar-refractivity contribution in [2.75, 3.05) is 19.6 Å². The second-order valence-corrected chi connectivity index (χ2v) is 3.99. The summed E-state index contributed by atoms with van der Waals surface area (Å²) >= 11 is 0. The lowest BCUT2D eigenvalue weighted by molar-refractivity contribution is -0.107. The van der Waals surface area contributed by atoms with Gasteiger partial charge in [0.25, 0.3) is 0 Å². The molecule has 14 heavy (non-hydrogen) atoms. The van der Waals surface area contributed by atoms with Crippen molar-refractivity contribution < 1.29 is 4.79 Å². The van der Waals surface area contributed by atoms with Crippen LogP contribution in [-0.2, 0) is 4.79 Å². The number of nitrogens with zero attached hydrogens (tertiary/aromatic N) is 1. The minimum Gasteiger partial charge on any atom is -0.304 e. The summed E-state index contributed by atoms with van der Waals surface area (Å²) in [4.78, 5) is 12.6. The van der Waals surface area contributed by atoms with Crippen LogP contribution in [0.15, 0.2) is 12.2 Å². The third kappa shape index (κ3) is 4.05. The van der Waals surface area contributed by atoms with Crippen LogP contribution in [0.25, 0.3) is 0 Å². The van der Waals surface area contributed by atoms with Crippen LogP contribution in [0.1, 0.15) is 32.6 Å². The van der Waals surface area contributed by atoms with Crippen LogP contribution < -0.4 is 0 Å². The predicted octanol–water partition coefficient (Wildman–Crippen LogP) is 2.25. The standard InChI is InChI=1S/C12H21NO/c1-2-13-9-7-12(8-10-13)6-4-3-5-11-14/h3-4,11-12H,2,5-10H2,1H3/b4-3-. The lowest BCUT2D eigenvalue weighted by atomic mass is 9.93. The maximum absolute atomic E-state index is 10.1. The SMILES string of the molecule is CCN1CCC(C/C=C\CC=O)CC1. The predicted molar refractivity (Wildman–Crippen MR) is 59.3 cm³/mol. The summed E-state index contributed by atoms with van der Waals surface area (Å²) < 4.78 is 0. The number of piperidine rings is 1. The van der Waals surface area contributed by atoms with Gasteiger partial charge in [0.15, 0.2) is 0 Å². The molecule has 2 nitrogen and oxygen atoms in total. The Hall–Kier alpha value is -0.630. The van der Waals surface area contributed by atoms with Crippen molar-refractivity contribution in [1.29, 1.82) is 0 Å². The van der Waals surface area contributed by atoms with Crippen LogP contribution >= 0.6 is 0 Å². The van der Waals surface area contributed by atoms with Crippen molar-refractivity contribution in [3.8, 4) is 0 Å². The van der Waals surface area contributed by atoms with Gasteiger partial charge in [-0.05, 0) is 44.8 Å². The Kier molecular flexibility index (Phi) is 5.53. The average molecular weight is 195 g/mol. The lowest BCUT2D eigenvalue weighted by Crippen LogP contribution is -2.33. The molecule has 1 aliphatic heterocycles. The Balaban J connectivity index is 2.12. The zero-order chi connectivity index (χ0) is 10.2. The Morgan fingerprint density at radius 1 is 1.29 bits per heavy atom. The van der Waals surface area contributed by atoms with E-state index in [-0.39, 0.29) is 0 Å². The zero-order valence-electron chi connectivity index (χ0n) is 9.11. The molecule has 0 saturated carbocycles. The van der Waals surface area contributed by atoms with Crippen LogP contribution in [-0.4, -0.2) is 30.8 Å². The van der Waals surface area contributed by atoms with E-state index < -0.39 is 0 Å². The van der Waals surface area contributed by atoms with Crippen LogP contribution in [0.4, 0.5) is 0 Å². The molecule has 1 fully saturated rings. The van der Waals surface area contributed by atoms with Crippen molar-refractivity contribution in [3.63, 3.8) is 0 Å². The van der Waals surface area contributed by atoms with Gasteiger partial charge in [0, 0.05) is 6.42 Å². The lowest BCUT2D eigenvalue weighted by Gasteiger charge is -2.30. The van der Waals surface area contributed by atoms with E-state index in [9.17, 15) is 4.79 Å². The van der Waals surface area contributed by atoms with Gasteiger partial charge in [-0.15, -0.1) is 0 Å². The van der Waals surface area contributed by atoms with E-state index in [0.29, 0.717) is 6.42 Å². The maximum atomic E-state index is 10.1. The van der Waals surface area contributed by atoms with Crippen molar-refractivity contribution in [1.82, 2.24) is 4.90 Å². The third-order valence-corrected chi connectivity index (χ3v) is 3.02. The first-order valence-electron chi connectivity index (χ1n) is 5.67. The second kappa shape index (κ2) is 6.77. The monoisotopic (exact) mass is 195 g/mol. The Morgan fingerprint density at radius 2 is 2.00 bits per heavy atom. The van der Waals surface area contributed by atoms with E-state index in [1.54, 1.807) is 0 Å². The average Bonchev–Trinajstić information content (AvgIpc) is 2.25. The first-order valence-corrected chi connectivity index (χ1v) is 5.67. The van der Waals surface area contributed by atoms with Crippen molar-refractivity contribution in [3.05, 3.63) is 12.2 Å². The molecular weight excluding hydrogens is 174 g/mol. The van der Waals surface area contributed by atoms with Crippen molar-refractivity contribution in [2.45, 2.75) is 32.6 Å². The summed E-state index contributed by atoms with van der Waals surface area (Å²) in [5, 5.41) is 0. The summed E-state index contributed by atoms with van der Waals surface area (Å²) in [5.74, 6) is 0.848. The van der Waals surface area contributed by atoms with Gasteiger partial charge < -0.3 is 9.69 Å². The van der Waals surface area contributed by atoms with Crippen LogP contribution in [0, 0.1) is 5.92 Å². The fourth-order valence-corrected chi connectivity index (χ4v) is 1.98. The number of hydrogen-bond acceptors (Lipinski definition) is 2. The van der Waals surface area contributed by atoms with Gasteiger partial charge in [-0.1, -0.05) is 19.1 Å². The van der Waals surface area contributed by atoms with E-state index in [0.717, 1.165) is 18.6 Å². The van der Waals surface area contributed by atoms with Gasteiger partial charge in [0.2, 0.25) is 0 Å². The molecule has 1 heterocycles. The molecule has 0 bridgehead atoms.